The van der Waals surface area contributed by atoms with Crippen LogP contribution < -0.4 is 16.0 Å². The van der Waals surface area contributed by atoms with Gasteiger partial charge < -0.3 is 25.7 Å². The topological polar surface area (TPSA) is 163 Å². The van der Waals surface area contributed by atoms with Crippen LogP contribution in [-0.4, -0.2) is 52.1 Å². The number of nitrogens with zero attached hydrogens (tertiary/aromatic N) is 1. The third kappa shape index (κ3) is 5.60. The van der Waals surface area contributed by atoms with Crippen LogP contribution in [0.4, 0.5) is 5.88 Å². The first-order chi connectivity index (χ1) is 11.6. The molecule has 138 valence electrons. The van der Waals surface area contributed by atoms with Gasteiger partial charge in [-0.25, -0.2) is 0 Å². The van der Waals surface area contributed by atoms with E-state index in [1.54, 1.807) is 0 Å². The highest BCUT2D eigenvalue weighted by molar-refractivity contribution is 6.00. The van der Waals surface area contributed by atoms with Gasteiger partial charge >= 0.3 is 5.97 Å². The Morgan fingerprint density at radius 3 is 2.40 bits per heavy atom. The summed E-state index contributed by atoms with van der Waals surface area (Å²) in [5.41, 5.74) is 5.17. The molecule has 0 aliphatic rings. The monoisotopic (exact) mass is 355 g/mol. The number of aliphatic hydroxyl groups is 1. The summed E-state index contributed by atoms with van der Waals surface area (Å²) in [7, 11) is 0. The Kier molecular flexibility index (Phi) is 7.12. The summed E-state index contributed by atoms with van der Waals surface area (Å²) in [6, 6.07) is 0.284. The minimum Gasteiger partial charge on any atom is -0.481 e. The van der Waals surface area contributed by atoms with Gasteiger partial charge in [0.15, 0.2) is 0 Å². The summed E-state index contributed by atoms with van der Waals surface area (Å²) in [5, 5.41) is 20.9. The summed E-state index contributed by atoms with van der Waals surface area (Å²) in [6.45, 7) is 2.47. The first kappa shape index (κ1) is 20.2. The van der Waals surface area contributed by atoms with Crippen LogP contribution in [0.1, 0.15) is 26.7 Å². The molecule has 5 N–H and O–H groups in total. The van der Waals surface area contributed by atoms with E-state index in [1.807, 2.05) is 0 Å². The fourth-order valence-corrected chi connectivity index (χ4v) is 2.26. The van der Waals surface area contributed by atoms with Crippen LogP contribution in [0.25, 0.3) is 0 Å². The molecule has 0 saturated heterocycles. The molecule has 3 amide bonds. The molecule has 0 bridgehead atoms. The Morgan fingerprint density at radius 1 is 1.36 bits per heavy atom. The Balaban J connectivity index is 3.03. The Hall–Kier alpha value is -2.88. The second-order valence-corrected chi connectivity index (χ2v) is 5.42. The summed E-state index contributed by atoms with van der Waals surface area (Å²) in [4.78, 5) is 47.5. The molecule has 0 saturated carbocycles. The van der Waals surface area contributed by atoms with Gasteiger partial charge in [-0.1, -0.05) is 0 Å². The van der Waals surface area contributed by atoms with Crippen LogP contribution in [0, 0.1) is 0 Å². The van der Waals surface area contributed by atoms with Crippen molar-refractivity contribution in [1.29, 1.82) is 0 Å². The number of carbonyl (C=O) groups is 4. The first-order valence-corrected chi connectivity index (χ1v) is 7.48. The lowest BCUT2D eigenvalue weighted by atomic mass is 10.1. The maximum atomic E-state index is 12.5. The predicted octanol–water partition coefficient (Wildman–Crippen LogP) is -0.783. The second-order valence-electron chi connectivity index (χ2n) is 5.42. The average Bonchev–Trinajstić information content (AvgIpc) is 3.00. The van der Waals surface area contributed by atoms with E-state index in [4.69, 9.17) is 15.3 Å². The van der Waals surface area contributed by atoms with E-state index in [0.29, 0.717) is 0 Å². The zero-order valence-corrected chi connectivity index (χ0v) is 13.8. The smallest absolute Gasteiger partial charge is 0.303 e. The number of carboxylic acids is 1. The van der Waals surface area contributed by atoms with Crippen LogP contribution in [0.2, 0.25) is 0 Å². The Labute approximate surface area is 143 Å². The third-order valence-electron chi connectivity index (χ3n) is 3.39. The van der Waals surface area contributed by atoms with Crippen LogP contribution in [0.3, 0.4) is 0 Å². The van der Waals surface area contributed by atoms with Crippen LogP contribution in [0.5, 0.6) is 0 Å². The predicted molar refractivity (Wildman–Crippen MR) is 85.3 cm³/mol. The van der Waals surface area contributed by atoms with E-state index in [2.05, 4.69) is 5.32 Å². The molecule has 10 nitrogen and oxygen atoms in total. The van der Waals surface area contributed by atoms with Gasteiger partial charge in [-0.3, -0.25) is 24.1 Å². The number of primary amides is 1. The fourth-order valence-electron chi connectivity index (χ4n) is 2.26. The van der Waals surface area contributed by atoms with Crippen molar-refractivity contribution in [3.8, 4) is 0 Å². The third-order valence-corrected chi connectivity index (χ3v) is 3.39. The second kappa shape index (κ2) is 8.83. The molecule has 0 fully saturated rings. The van der Waals surface area contributed by atoms with E-state index in [9.17, 15) is 24.3 Å². The number of nitrogens with one attached hydrogen (secondary N) is 1. The average molecular weight is 355 g/mol. The molecule has 1 aromatic rings. The van der Waals surface area contributed by atoms with Gasteiger partial charge in [-0.15, -0.1) is 0 Å². The molecule has 10 heteroatoms. The van der Waals surface area contributed by atoms with Gasteiger partial charge in [0.25, 0.3) is 0 Å². The van der Waals surface area contributed by atoms with E-state index < -0.39 is 41.9 Å². The molecule has 0 spiro atoms. The number of carbonyl (C=O) groups excluding carboxylic acids is 3. The lowest BCUT2D eigenvalue weighted by molar-refractivity contribution is -0.138. The number of anilines is 1. The van der Waals surface area contributed by atoms with Gasteiger partial charge in [0.1, 0.15) is 12.1 Å². The SMILES string of the molecule is CC(=O)N(c1ccco1)[C@H](C(=O)N[C@H](CCC(=O)O)C(N)=O)[C@@H](C)O. The first-order valence-electron chi connectivity index (χ1n) is 7.48. The van der Waals surface area contributed by atoms with Crippen molar-refractivity contribution in [2.75, 3.05) is 4.90 Å². The highest BCUT2D eigenvalue weighted by atomic mass is 16.4. The molecule has 0 aromatic carbocycles. The normalized spacial score (nSPS) is 14.2. The summed E-state index contributed by atoms with van der Waals surface area (Å²) < 4.78 is 5.11. The Bertz CT molecular complexity index is 627. The van der Waals surface area contributed by atoms with Crippen molar-refractivity contribution in [2.24, 2.45) is 5.73 Å². The molecular weight excluding hydrogens is 334 g/mol. The van der Waals surface area contributed by atoms with Crippen LogP contribution in [0.15, 0.2) is 22.8 Å². The lowest BCUT2D eigenvalue weighted by Crippen LogP contribution is -2.58. The molecule has 25 heavy (non-hydrogen) atoms. The van der Waals surface area contributed by atoms with Crippen molar-refractivity contribution in [3.63, 3.8) is 0 Å². The van der Waals surface area contributed by atoms with Crippen LogP contribution in [-0.2, 0) is 19.2 Å². The maximum Gasteiger partial charge on any atom is 0.303 e. The molecule has 0 radical (unpaired) electrons. The summed E-state index contributed by atoms with van der Waals surface area (Å²) in [5.74, 6) is -3.48. The zero-order chi connectivity index (χ0) is 19.1. The van der Waals surface area contributed by atoms with Crippen molar-refractivity contribution in [3.05, 3.63) is 18.4 Å². The number of amides is 3. The number of carboxylic acid groups (broad SMARTS) is 1. The van der Waals surface area contributed by atoms with E-state index in [-0.39, 0.29) is 18.7 Å². The van der Waals surface area contributed by atoms with Gasteiger partial charge in [-0.2, -0.15) is 0 Å². The molecule has 1 heterocycles. The van der Waals surface area contributed by atoms with E-state index >= 15 is 0 Å². The molecule has 1 aromatic heterocycles. The van der Waals surface area contributed by atoms with Crippen molar-refractivity contribution >= 4 is 29.6 Å². The number of hydrogen-bond donors (Lipinski definition) is 4. The van der Waals surface area contributed by atoms with Gasteiger partial charge in [0.05, 0.1) is 12.4 Å². The standard InChI is InChI=1S/C15H21N3O7/c1-8(19)13(18(9(2)20)11-4-3-7-25-11)15(24)17-10(14(16)23)5-6-12(21)22/h3-4,7-8,10,13,19H,5-6H2,1-2H3,(H2,16,23)(H,17,24)(H,21,22)/t8-,10-,13+/m1/s1. The number of hydrogen-bond acceptors (Lipinski definition) is 6. The molecule has 0 unspecified atom stereocenters. The summed E-state index contributed by atoms with van der Waals surface area (Å²) >= 11 is 0. The number of nitrogens with two attached hydrogens (primary N) is 1. The van der Waals surface area contributed by atoms with Gasteiger partial charge in [-0.05, 0) is 19.4 Å². The minimum atomic E-state index is -1.39. The molecule has 0 aliphatic heterocycles. The van der Waals surface area contributed by atoms with E-state index in [0.717, 1.165) is 4.90 Å². The maximum absolute atomic E-state index is 12.5. The molecule has 3 atom stereocenters. The number of rotatable bonds is 9. The largest absolute Gasteiger partial charge is 0.481 e. The highest BCUT2D eigenvalue weighted by Gasteiger charge is 2.36. The summed E-state index contributed by atoms with van der Waals surface area (Å²) in [6.07, 6.45) is -0.616. The van der Waals surface area contributed by atoms with Gasteiger partial charge in [0, 0.05) is 19.4 Å². The number of aliphatic hydroxyl groups excluding tert-OH is 1. The number of aliphatic carboxylic acids is 1. The van der Waals surface area contributed by atoms with Gasteiger partial charge in [0.2, 0.25) is 23.6 Å². The molecular formula is C15H21N3O7. The lowest BCUT2D eigenvalue weighted by Gasteiger charge is -2.31. The molecule has 1 rings (SSSR count). The minimum absolute atomic E-state index is 0.0368. The molecule has 0 aliphatic carbocycles. The fraction of sp³-hybridized carbons (Fsp3) is 0.467. The van der Waals surface area contributed by atoms with Crippen molar-refractivity contribution < 1.29 is 33.8 Å². The quantitative estimate of drug-likeness (QED) is 0.451. The van der Waals surface area contributed by atoms with Crippen molar-refractivity contribution in [2.45, 2.75) is 44.9 Å². The number of furan rings is 1. The highest BCUT2D eigenvalue weighted by Crippen LogP contribution is 2.20. The zero-order valence-electron chi connectivity index (χ0n) is 13.8. The van der Waals surface area contributed by atoms with Crippen LogP contribution >= 0.6 is 0 Å². The van der Waals surface area contributed by atoms with E-state index in [1.165, 1.54) is 32.2 Å². The van der Waals surface area contributed by atoms with Crippen molar-refractivity contribution in [1.82, 2.24) is 5.32 Å². The Morgan fingerprint density at radius 2 is 2.00 bits per heavy atom.